The fourth-order valence-corrected chi connectivity index (χ4v) is 4.34. The first kappa shape index (κ1) is 24.5. The summed E-state index contributed by atoms with van der Waals surface area (Å²) in [5, 5.41) is 12.3. The summed E-state index contributed by atoms with van der Waals surface area (Å²) in [5.74, 6) is -1.26. The highest BCUT2D eigenvalue weighted by Gasteiger charge is 2.45. The molecule has 0 saturated heterocycles. The van der Waals surface area contributed by atoms with Gasteiger partial charge in [0.1, 0.15) is 4.75 Å². The number of alkyl halides is 3. The highest BCUT2D eigenvalue weighted by molar-refractivity contribution is 8.01. The van der Waals surface area contributed by atoms with Crippen molar-refractivity contribution in [1.29, 1.82) is 0 Å². The topological polar surface area (TPSA) is 78.9 Å². The zero-order valence-electron chi connectivity index (χ0n) is 17.4. The summed E-state index contributed by atoms with van der Waals surface area (Å²) in [7, 11) is 1.55. The van der Waals surface area contributed by atoms with E-state index in [9.17, 15) is 27.9 Å². The van der Waals surface area contributed by atoms with Crippen molar-refractivity contribution >= 4 is 29.3 Å². The molecule has 1 aromatic rings. The summed E-state index contributed by atoms with van der Waals surface area (Å²) in [4.78, 5) is 27.1. The summed E-state index contributed by atoms with van der Waals surface area (Å²) in [6, 6.07) is 1.68. The number of rotatable bonds is 8. The van der Waals surface area contributed by atoms with Crippen molar-refractivity contribution < 1.29 is 32.6 Å². The molecule has 0 aliphatic carbocycles. The molecule has 168 valence electrons. The number of hydrogen-bond donors (Lipinski definition) is 2. The van der Waals surface area contributed by atoms with E-state index in [1.165, 1.54) is 11.8 Å². The monoisotopic (exact) mass is 448 g/mol. The number of halogens is 3. The van der Waals surface area contributed by atoms with E-state index in [0.717, 1.165) is 23.9 Å². The Balaban J connectivity index is 2.59. The molecule has 10 heteroatoms. The van der Waals surface area contributed by atoms with E-state index in [0.29, 0.717) is 19.4 Å². The van der Waals surface area contributed by atoms with Gasteiger partial charge in [-0.1, -0.05) is 0 Å². The number of aliphatic hydroxyl groups is 1. The number of benzene rings is 1. The van der Waals surface area contributed by atoms with E-state index in [4.69, 9.17) is 4.74 Å². The number of unbranched alkanes of at least 4 members (excludes halogenated alkanes) is 1. The molecule has 0 bridgehead atoms. The van der Waals surface area contributed by atoms with Gasteiger partial charge in [-0.15, -0.1) is 11.8 Å². The standard InChI is InChI=1S/C20H27F3N2O4S/c1-12(2)24-17(27)13-9-15-16(10-14(13)20(21,22)23)30-19(3,11-26)18(28)25(15)7-5-6-8-29-4/h9-10,12,26H,5-8,11H2,1-4H3,(H,24,27). The van der Waals surface area contributed by atoms with Crippen LogP contribution >= 0.6 is 11.8 Å². The number of carbonyl (C=O) groups is 2. The fraction of sp³-hybridized carbons (Fsp3) is 0.600. The zero-order valence-corrected chi connectivity index (χ0v) is 18.2. The van der Waals surface area contributed by atoms with Crippen LogP contribution in [0.5, 0.6) is 0 Å². The molecule has 30 heavy (non-hydrogen) atoms. The zero-order chi connectivity index (χ0) is 22.7. The number of carbonyl (C=O) groups excluding carboxylic acids is 2. The maximum absolute atomic E-state index is 13.7. The van der Waals surface area contributed by atoms with E-state index in [1.54, 1.807) is 21.0 Å². The van der Waals surface area contributed by atoms with Gasteiger partial charge in [-0.25, -0.2) is 0 Å². The summed E-state index contributed by atoms with van der Waals surface area (Å²) in [6.07, 6.45) is -3.54. The van der Waals surface area contributed by atoms with Gasteiger partial charge >= 0.3 is 6.18 Å². The van der Waals surface area contributed by atoms with Crippen LogP contribution in [0.25, 0.3) is 0 Å². The number of ether oxygens (including phenoxy) is 1. The average molecular weight is 449 g/mol. The van der Waals surface area contributed by atoms with Gasteiger partial charge in [0.2, 0.25) is 5.91 Å². The van der Waals surface area contributed by atoms with Crippen LogP contribution in [0.4, 0.5) is 18.9 Å². The van der Waals surface area contributed by atoms with Crippen LogP contribution < -0.4 is 10.2 Å². The van der Waals surface area contributed by atoms with Crippen LogP contribution in [-0.4, -0.2) is 54.6 Å². The Labute approximate surface area is 178 Å². The second-order valence-corrected chi connectivity index (χ2v) is 9.18. The first-order valence-electron chi connectivity index (χ1n) is 9.61. The highest BCUT2D eigenvalue weighted by atomic mass is 32.2. The molecule has 1 aliphatic heterocycles. The third-order valence-corrected chi connectivity index (χ3v) is 5.98. The van der Waals surface area contributed by atoms with Crippen molar-refractivity contribution in [2.24, 2.45) is 0 Å². The van der Waals surface area contributed by atoms with Crippen LogP contribution in [0.15, 0.2) is 17.0 Å². The second kappa shape index (κ2) is 9.57. The maximum Gasteiger partial charge on any atom is 0.417 e. The van der Waals surface area contributed by atoms with Gasteiger partial charge in [0.05, 0.1) is 23.4 Å². The number of amides is 2. The molecule has 6 nitrogen and oxygen atoms in total. The Bertz CT molecular complexity index is 801. The predicted molar refractivity (Wildman–Crippen MR) is 109 cm³/mol. The van der Waals surface area contributed by atoms with E-state index < -0.39 is 40.5 Å². The van der Waals surface area contributed by atoms with Crippen LogP contribution in [0, 0.1) is 0 Å². The normalized spacial score (nSPS) is 19.2. The highest BCUT2D eigenvalue weighted by Crippen LogP contribution is 2.48. The van der Waals surface area contributed by atoms with Crippen molar-refractivity contribution in [3.63, 3.8) is 0 Å². The minimum atomic E-state index is -4.75. The molecular formula is C20H27F3N2O4S. The SMILES string of the molecule is COCCCCN1C(=O)C(C)(CO)Sc2cc(C(F)(F)F)c(C(=O)NC(C)C)cc21. The molecule has 0 radical (unpaired) electrons. The minimum absolute atomic E-state index is 0.200. The summed E-state index contributed by atoms with van der Waals surface area (Å²) in [6.45, 7) is 4.99. The maximum atomic E-state index is 13.7. The lowest BCUT2D eigenvalue weighted by Gasteiger charge is -2.39. The number of anilines is 1. The van der Waals surface area contributed by atoms with Crippen molar-refractivity contribution in [2.75, 3.05) is 31.8 Å². The molecular weight excluding hydrogens is 421 g/mol. The Morgan fingerprint density at radius 1 is 1.33 bits per heavy atom. The predicted octanol–water partition coefficient (Wildman–Crippen LogP) is 3.46. The van der Waals surface area contributed by atoms with Gasteiger partial charge in [-0.3, -0.25) is 9.59 Å². The molecule has 2 rings (SSSR count). The Hall–Kier alpha value is -1.78. The Morgan fingerprint density at radius 2 is 2.00 bits per heavy atom. The van der Waals surface area contributed by atoms with Gasteiger partial charge in [0.25, 0.3) is 5.91 Å². The molecule has 1 unspecified atom stereocenters. The van der Waals surface area contributed by atoms with Gasteiger partial charge in [0.15, 0.2) is 0 Å². The average Bonchev–Trinajstić information content (AvgIpc) is 2.65. The smallest absolute Gasteiger partial charge is 0.394 e. The van der Waals surface area contributed by atoms with Crippen LogP contribution in [0.2, 0.25) is 0 Å². The third kappa shape index (κ3) is 5.28. The molecule has 1 atom stereocenters. The molecule has 1 aliphatic rings. The molecule has 1 aromatic carbocycles. The van der Waals surface area contributed by atoms with E-state index in [2.05, 4.69) is 5.32 Å². The van der Waals surface area contributed by atoms with Crippen molar-refractivity contribution in [3.8, 4) is 0 Å². The number of thioether (sulfide) groups is 1. The molecule has 1 heterocycles. The number of aliphatic hydroxyl groups excluding tert-OH is 1. The summed E-state index contributed by atoms with van der Waals surface area (Å²) < 4.78 is 44.9. The lowest BCUT2D eigenvalue weighted by molar-refractivity contribution is -0.138. The molecule has 2 N–H and O–H groups in total. The lowest BCUT2D eigenvalue weighted by atomic mass is 10.0. The first-order chi connectivity index (χ1) is 13.9. The second-order valence-electron chi connectivity index (χ2n) is 7.64. The molecule has 0 spiro atoms. The lowest BCUT2D eigenvalue weighted by Crippen LogP contribution is -2.50. The molecule has 0 aromatic heterocycles. The summed E-state index contributed by atoms with van der Waals surface area (Å²) >= 11 is 0.882. The van der Waals surface area contributed by atoms with E-state index >= 15 is 0 Å². The third-order valence-electron chi connectivity index (χ3n) is 4.67. The first-order valence-corrected chi connectivity index (χ1v) is 10.4. The van der Waals surface area contributed by atoms with Gasteiger partial charge in [0, 0.05) is 31.2 Å². The fourth-order valence-electron chi connectivity index (χ4n) is 3.14. The van der Waals surface area contributed by atoms with E-state index in [-0.39, 0.29) is 23.2 Å². The van der Waals surface area contributed by atoms with Gasteiger partial charge < -0.3 is 20.1 Å². The number of fused-ring (bicyclic) bond motifs is 1. The Morgan fingerprint density at radius 3 is 2.53 bits per heavy atom. The largest absolute Gasteiger partial charge is 0.417 e. The van der Waals surface area contributed by atoms with Gasteiger partial charge in [-0.2, -0.15) is 13.2 Å². The molecule has 2 amide bonds. The van der Waals surface area contributed by atoms with Crippen molar-refractivity contribution in [3.05, 3.63) is 23.3 Å². The summed E-state index contributed by atoms with van der Waals surface area (Å²) in [5.41, 5.74) is -1.35. The van der Waals surface area contributed by atoms with Crippen LogP contribution in [-0.2, 0) is 15.7 Å². The van der Waals surface area contributed by atoms with Crippen molar-refractivity contribution in [2.45, 2.75) is 55.5 Å². The minimum Gasteiger partial charge on any atom is -0.394 e. The van der Waals surface area contributed by atoms with Crippen molar-refractivity contribution in [1.82, 2.24) is 5.32 Å². The Kier molecular flexibility index (Phi) is 7.81. The number of hydrogen-bond acceptors (Lipinski definition) is 5. The van der Waals surface area contributed by atoms with Crippen LogP contribution in [0.1, 0.15) is 49.5 Å². The number of methoxy groups -OCH3 is 1. The molecule has 0 saturated carbocycles. The molecule has 0 fully saturated rings. The quantitative estimate of drug-likeness (QED) is 0.596. The number of nitrogens with one attached hydrogen (secondary N) is 1. The number of nitrogens with zero attached hydrogens (tertiary/aromatic N) is 1. The van der Waals surface area contributed by atoms with Gasteiger partial charge in [-0.05, 0) is 45.7 Å². The van der Waals surface area contributed by atoms with Crippen LogP contribution in [0.3, 0.4) is 0 Å². The van der Waals surface area contributed by atoms with E-state index in [1.807, 2.05) is 0 Å².